The molecule has 10 heteroatoms. The Labute approximate surface area is 270 Å². The number of anilines is 3. The highest BCUT2D eigenvalue weighted by Crippen LogP contribution is 2.57. The minimum absolute atomic E-state index is 0.135. The number of aliphatic hydroxyl groups is 1. The van der Waals surface area contributed by atoms with Gasteiger partial charge < -0.3 is 34.2 Å². The van der Waals surface area contributed by atoms with Gasteiger partial charge in [0.05, 0.1) is 24.0 Å². The van der Waals surface area contributed by atoms with E-state index in [2.05, 4.69) is 18.7 Å². The van der Waals surface area contributed by atoms with Crippen LogP contribution >= 0.6 is 0 Å². The van der Waals surface area contributed by atoms with Crippen LogP contribution in [0.1, 0.15) is 34.1 Å². The Morgan fingerprint density at radius 3 is 2.07 bits per heavy atom. The van der Waals surface area contributed by atoms with Crippen molar-refractivity contribution in [2.24, 2.45) is 11.8 Å². The number of nitrogens with zero attached hydrogens (tertiary/aromatic N) is 4. The Morgan fingerprint density at radius 1 is 0.848 bits per heavy atom. The molecule has 5 atom stereocenters. The van der Waals surface area contributed by atoms with Crippen LogP contribution in [0.5, 0.6) is 5.75 Å². The average molecular weight is 629 g/mol. The Hall–Kier alpha value is -4.15. The molecule has 4 heterocycles. The van der Waals surface area contributed by atoms with E-state index in [1.54, 1.807) is 14.7 Å². The molecule has 4 aliphatic heterocycles. The maximum absolute atomic E-state index is 14.7. The van der Waals surface area contributed by atoms with Crippen LogP contribution in [-0.4, -0.2) is 90.9 Å². The van der Waals surface area contributed by atoms with Gasteiger partial charge >= 0.3 is 0 Å². The third-order valence-electron chi connectivity index (χ3n) is 9.86. The number of amides is 3. The molecule has 244 valence electrons. The van der Waals surface area contributed by atoms with Crippen molar-refractivity contribution in [3.63, 3.8) is 0 Å². The van der Waals surface area contributed by atoms with Crippen molar-refractivity contribution < 1.29 is 29.0 Å². The maximum Gasteiger partial charge on any atom is 0.253 e. The predicted molar refractivity (Wildman–Crippen MR) is 177 cm³/mol. The molecule has 0 saturated carbocycles. The van der Waals surface area contributed by atoms with E-state index in [9.17, 15) is 19.5 Å². The van der Waals surface area contributed by atoms with Crippen LogP contribution in [0.3, 0.4) is 0 Å². The van der Waals surface area contributed by atoms with Gasteiger partial charge in [-0.05, 0) is 82.6 Å². The van der Waals surface area contributed by atoms with Gasteiger partial charge in [0.2, 0.25) is 11.8 Å². The molecule has 6 rings (SSSR count). The normalized spacial score (nSPS) is 28.6. The summed E-state index contributed by atoms with van der Waals surface area (Å²) < 4.78 is 12.5. The monoisotopic (exact) mass is 628 g/mol. The molecule has 2 aromatic carbocycles. The van der Waals surface area contributed by atoms with Gasteiger partial charge in [0.1, 0.15) is 17.4 Å². The third-order valence-corrected chi connectivity index (χ3v) is 9.86. The van der Waals surface area contributed by atoms with E-state index in [0.717, 1.165) is 24.5 Å². The van der Waals surface area contributed by atoms with Gasteiger partial charge in [-0.15, -0.1) is 0 Å². The van der Waals surface area contributed by atoms with Gasteiger partial charge in [0.25, 0.3) is 5.91 Å². The van der Waals surface area contributed by atoms with E-state index >= 15 is 0 Å². The molecule has 4 aliphatic rings. The van der Waals surface area contributed by atoms with Crippen molar-refractivity contribution in [2.75, 3.05) is 60.6 Å². The van der Waals surface area contributed by atoms with Crippen molar-refractivity contribution in [2.45, 2.75) is 51.4 Å². The SMILES string of the molecule is CCOc1ccc(N2CC=C[C@]3(C)O[C@]45C=CCN(c6ccc(N(CC)CC)cc6)C(=O)C4N(CCCO)C(=O)[C@@H]5[C@@H]3C2=O)cc1. The standard InChI is InChI=1S/C36H44N4O6/c1-5-37(6-2)25-11-13-26(14-12-25)39-22-9-20-36-30(33(43)40(23-10-24-41)31(36)34(39)44)29-32(42)38(21-8-19-35(29,4)46-36)27-15-17-28(18-16-27)45-7-3/h8-9,11-20,29-31,41H,5-7,10,21-24H2,1-4H3/t29-,30+,31?,35+,36+/m1/s1. The number of benzene rings is 2. The van der Waals surface area contributed by atoms with Crippen LogP contribution in [0.15, 0.2) is 72.8 Å². The predicted octanol–water partition coefficient (Wildman–Crippen LogP) is 3.79. The molecule has 0 bridgehead atoms. The van der Waals surface area contributed by atoms with Gasteiger partial charge in [-0.25, -0.2) is 0 Å². The number of rotatable bonds is 10. The Bertz CT molecular complexity index is 1520. The number of likely N-dealkylation sites (tertiary alicyclic amines) is 1. The van der Waals surface area contributed by atoms with Gasteiger partial charge in [-0.3, -0.25) is 14.4 Å². The Balaban J connectivity index is 1.39. The first kappa shape index (κ1) is 31.8. The topological polar surface area (TPSA) is 103 Å². The lowest BCUT2D eigenvalue weighted by atomic mass is 9.74. The van der Waals surface area contributed by atoms with Gasteiger partial charge in [-0.1, -0.05) is 24.3 Å². The second kappa shape index (κ2) is 12.6. The maximum atomic E-state index is 14.7. The second-order valence-corrected chi connectivity index (χ2v) is 12.4. The summed E-state index contributed by atoms with van der Waals surface area (Å²) >= 11 is 0. The summed E-state index contributed by atoms with van der Waals surface area (Å²) in [5.74, 6) is -1.90. The molecule has 1 unspecified atom stereocenters. The van der Waals surface area contributed by atoms with Crippen molar-refractivity contribution in [1.29, 1.82) is 0 Å². The van der Waals surface area contributed by atoms with Gasteiger partial charge in [-0.2, -0.15) is 0 Å². The summed E-state index contributed by atoms with van der Waals surface area (Å²) in [7, 11) is 0. The fraction of sp³-hybridized carbons (Fsp3) is 0.472. The molecule has 0 radical (unpaired) electrons. The third kappa shape index (κ3) is 5.08. The number of hydrogen-bond acceptors (Lipinski definition) is 7. The fourth-order valence-electron chi connectivity index (χ4n) is 7.79. The summed E-state index contributed by atoms with van der Waals surface area (Å²) in [6.45, 7) is 10.9. The summed E-state index contributed by atoms with van der Waals surface area (Å²) in [6.07, 6.45) is 7.82. The van der Waals surface area contributed by atoms with Crippen molar-refractivity contribution >= 4 is 34.8 Å². The number of ether oxygens (including phenoxy) is 2. The molecule has 46 heavy (non-hydrogen) atoms. The molecule has 0 aliphatic carbocycles. The van der Waals surface area contributed by atoms with E-state index in [4.69, 9.17) is 9.47 Å². The molecule has 2 saturated heterocycles. The lowest BCUT2D eigenvalue weighted by Crippen LogP contribution is -2.56. The highest BCUT2D eigenvalue weighted by Gasteiger charge is 2.74. The first-order valence-electron chi connectivity index (χ1n) is 16.4. The van der Waals surface area contributed by atoms with Crippen LogP contribution in [0.4, 0.5) is 17.1 Å². The summed E-state index contributed by atoms with van der Waals surface area (Å²) in [6, 6.07) is 14.2. The smallest absolute Gasteiger partial charge is 0.253 e. The highest BCUT2D eigenvalue weighted by molar-refractivity contribution is 6.07. The van der Waals surface area contributed by atoms with Crippen LogP contribution in [0.25, 0.3) is 0 Å². The second-order valence-electron chi connectivity index (χ2n) is 12.4. The quantitative estimate of drug-likeness (QED) is 0.400. The number of carbonyl (C=O) groups is 3. The van der Waals surface area contributed by atoms with E-state index in [0.29, 0.717) is 37.6 Å². The van der Waals surface area contributed by atoms with Gasteiger partial charge in [0.15, 0.2) is 0 Å². The zero-order valence-electron chi connectivity index (χ0n) is 27.1. The molecule has 3 amide bonds. The first-order chi connectivity index (χ1) is 22.2. The van der Waals surface area contributed by atoms with Crippen molar-refractivity contribution in [1.82, 2.24) is 4.90 Å². The highest BCUT2D eigenvalue weighted by atomic mass is 16.5. The number of fused-ring (bicyclic) bond motifs is 2. The minimum Gasteiger partial charge on any atom is -0.494 e. The van der Waals surface area contributed by atoms with Crippen molar-refractivity contribution in [3.8, 4) is 5.75 Å². The largest absolute Gasteiger partial charge is 0.494 e. The van der Waals surface area contributed by atoms with E-state index < -0.39 is 29.1 Å². The molecular formula is C36H44N4O6. The zero-order chi connectivity index (χ0) is 32.6. The molecule has 2 fully saturated rings. The van der Waals surface area contributed by atoms with Crippen molar-refractivity contribution in [3.05, 3.63) is 72.8 Å². The Kier molecular flexibility index (Phi) is 8.69. The number of aliphatic hydroxyl groups excluding tert-OH is 1. The van der Waals surface area contributed by atoms with Crippen LogP contribution < -0.4 is 19.4 Å². The van der Waals surface area contributed by atoms with E-state index in [-0.39, 0.29) is 30.9 Å². The minimum atomic E-state index is -1.36. The summed E-state index contributed by atoms with van der Waals surface area (Å²) in [4.78, 5) is 50.8. The molecular weight excluding hydrogens is 584 g/mol. The van der Waals surface area contributed by atoms with E-state index in [1.165, 1.54) is 0 Å². The van der Waals surface area contributed by atoms with Crippen LogP contribution in [0.2, 0.25) is 0 Å². The van der Waals surface area contributed by atoms with Gasteiger partial charge in [0, 0.05) is 56.4 Å². The lowest BCUT2D eigenvalue weighted by Gasteiger charge is -2.37. The zero-order valence-corrected chi connectivity index (χ0v) is 27.1. The molecule has 2 aromatic rings. The molecule has 0 aromatic heterocycles. The fourth-order valence-corrected chi connectivity index (χ4v) is 7.79. The van der Waals surface area contributed by atoms with Crippen LogP contribution in [-0.2, 0) is 19.1 Å². The van der Waals surface area contributed by atoms with E-state index in [1.807, 2.05) is 86.7 Å². The lowest BCUT2D eigenvalue weighted by molar-refractivity contribution is -0.144. The number of hydrogen-bond donors (Lipinski definition) is 1. The number of carbonyl (C=O) groups excluding carboxylic acids is 3. The molecule has 10 nitrogen and oxygen atoms in total. The average Bonchev–Trinajstić information content (AvgIpc) is 3.32. The molecule has 1 N–H and O–H groups in total. The first-order valence-corrected chi connectivity index (χ1v) is 16.4. The molecule has 1 spiro atoms. The Morgan fingerprint density at radius 2 is 1.46 bits per heavy atom. The summed E-state index contributed by atoms with van der Waals surface area (Å²) in [5, 5.41) is 9.73. The summed E-state index contributed by atoms with van der Waals surface area (Å²) in [5.41, 5.74) is -0.00529. The van der Waals surface area contributed by atoms with Crippen LogP contribution in [0, 0.1) is 11.8 Å².